The maximum absolute atomic E-state index is 14.1. The molecule has 12 heteroatoms. The number of alkyl halides is 3. The zero-order chi connectivity index (χ0) is 23.5. The summed E-state index contributed by atoms with van der Waals surface area (Å²) in [4.78, 5) is 27.6. The van der Waals surface area contributed by atoms with Crippen molar-refractivity contribution in [2.45, 2.75) is 24.7 Å². The van der Waals surface area contributed by atoms with Crippen LogP contribution in [0.5, 0.6) is 5.88 Å². The molecule has 0 aliphatic carbocycles. The van der Waals surface area contributed by atoms with E-state index < -0.39 is 17.5 Å². The number of nitrogens with zero attached hydrogens (tertiary/aromatic N) is 7. The van der Waals surface area contributed by atoms with E-state index in [2.05, 4.69) is 20.1 Å². The molecule has 4 aromatic rings. The van der Waals surface area contributed by atoms with Gasteiger partial charge in [-0.2, -0.15) is 18.3 Å². The fraction of sp³-hybridized carbons (Fsp3) is 0.273. The lowest BCUT2D eigenvalue weighted by Gasteiger charge is -2.28. The molecule has 0 bridgehead atoms. The molecule has 0 radical (unpaired) electrons. The zero-order valence-electron chi connectivity index (χ0n) is 17.6. The van der Waals surface area contributed by atoms with Crippen molar-refractivity contribution in [2.75, 3.05) is 13.2 Å². The van der Waals surface area contributed by atoms with Crippen LogP contribution in [0.4, 0.5) is 13.2 Å². The van der Waals surface area contributed by atoms with Gasteiger partial charge in [-0.15, -0.1) is 4.57 Å². The van der Waals surface area contributed by atoms with Crippen LogP contribution in [0.3, 0.4) is 0 Å². The Balaban J connectivity index is 1.50. The third kappa shape index (κ3) is 2.94. The number of carbonyl (C=O) groups is 1. The first kappa shape index (κ1) is 20.5. The normalized spacial score (nSPS) is 19.6. The Morgan fingerprint density at radius 1 is 1.15 bits per heavy atom. The summed E-state index contributed by atoms with van der Waals surface area (Å²) in [6.07, 6.45) is 3.21. The van der Waals surface area contributed by atoms with Crippen molar-refractivity contribution in [2.24, 2.45) is 0 Å². The molecule has 0 aromatic carbocycles. The second-order valence-corrected chi connectivity index (χ2v) is 8.14. The number of halogens is 3. The molecule has 4 aromatic heterocycles. The summed E-state index contributed by atoms with van der Waals surface area (Å²) >= 11 is 0. The van der Waals surface area contributed by atoms with E-state index in [4.69, 9.17) is 4.74 Å². The number of ether oxygens (including phenoxy) is 1. The summed E-state index contributed by atoms with van der Waals surface area (Å²) < 4.78 is 48.9. The molecule has 1 amide bonds. The Morgan fingerprint density at radius 2 is 1.97 bits per heavy atom. The lowest BCUT2D eigenvalue weighted by atomic mass is 10.1. The quantitative estimate of drug-likeness (QED) is 0.420. The molecule has 0 N–H and O–H groups in total. The molecule has 34 heavy (non-hydrogen) atoms. The number of carbonyl (C=O) groups excluding carboxylic acids is 1. The highest BCUT2D eigenvalue weighted by Gasteiger charge is 2.59. The maximum Gasteiger partial charge on any atom is 0.439 e. The lowest BCUT2D eigenvalue weighted by Crippen LogP contribution is -2.63. The summed E-state index contributed by atoms with van der Waals surface area (Å²) in [5, 5.41) is 4.53. The van der Waals surface area contributed by atoms with Gasteiger partial charge in [0, 0.05) is 31.6 Å². The molecule has 1 fully saturated rings. The molecule has 0 unspecified atom stereocenters. The summed E-state index contributed by atoms with van der Waals surface area (Å²) in [5.41, 5.74) is -1.02. The molecule has 1 spiro atoms. The van der Waals surface area contributed by atoms with Crippen molar-refractivity contribution < 1.29 is 27.3 Å². The maximum atomic E-state index is 14.1. The van der Waals surface area contributed by atoms with Crippen molar-refractivity contribution in [3.05, 3.63) is 66.5 Å². The van der Waals surface area contributed by atoms with Crippen LogP contribution >= 0.6 is 0 Å². The van der Waals surface area contributed by atoms with Crippen molar-refractivity contribution in [3.63, 3.8) is 0 Å². The first-order valence-electron chi connectivity index (χ1n) is 10.6. The van der Waals surface area contributed by atoms with Crippen LogP contribution in [-0.2, 0) is 11.8 Å². The summed E-state index contributed by atoms with van der Waals surface area (Å²) in [6, 6.07) is 6.98. The molecular weight excluding hydrogens is 451 g/mol. The van der Waals surface area contributed by atoms with Crippen molar-refractivity contribution >= 4 is 11.4 Å². The Bertz CT molecular complexity index is 1420. The largest absolute Gasteiger partial charge is 0.439 e. The average Bonchev–Trinajstić information content (AvgIpc) is 3.55. The van der Waals surface area contributed by atoms with Gasteiger partial charge in [0.2, 0.25) is 11.9 Å². The number of hydrogen-bond donors (Lipinski definition) is 0. The van der Waals surface area contributed by atoms with Crippen LogP contribution in [0, 0.1) is 0 Å². The number of rotatable bonds is 2. The van der Waals surface area contributed by atoms with Crippen LogP contribution in [-0.4, -0.2) is 48.5 Å². The van der Waals surface area contributed by atoms with E-state index >= 15 is 0 Å². The minimum atomic E-state index is -4.63. The number of amides is 1. The molecule has 0 saturated carbocycles. The van der Waals surface area contributed by atoms with Crippen LogP contribution in [0.1, 0.15) is 28.9 Å². The monoisotopic (exact) mass is 468 g/mol. The average molecular weight is 468 g/mol. The van der Waals surface area contributed by atoms with Gasteiger partial charge in [-0.25, -0.2) is 19.5 Å². The Kier molecular flexibility index (Phi) is 4.35. The summed E-state index contributed by atoms with van der Waals surface area (Å²) in [6.45, 7) is 0.371. The van der Waals surface area contributed by atoms with Gasteiger partial charge in [-0.1, -0.05) is 6.07 Å². The Labute approximate surface area is 190 Å². The topological polar surface area (TPSA) is 89.4 Å². The zero-order valence-corrected chi connectivity index (χ0v) is 17.6. The van der Waals surface area contributed by atoms with Gasteiger partial charge in [-0.05, 0) is 24.6 Å². The van der Waals surface area contributed by atoms with Gasteiger partial charge in [0.25, 0.3) is 11.6 Å². The second kappa shape index (κ2) is 7.20. The molecule has 6 rings (SSSR count). The molecular formula is C22H17F3N7O2+. The molecule has 1 saturated heterocycles. The molecule has 1 atom stereocenters. The standard InChI is InChI=1S/C22H17F3N7O2/c23-22(24,25)15-12-31-16(11-28-15)34-13-21(31)6-3-9-30(21)20(33)17-14-5-1-2-10-32(14)29-18(17)19-26-7-4-8-27-19/h1-2,4-5,7-8,10-12H,3,6,9,13H2/q+1/t21-/m1/s1. The number of hydrogen-bond acceptors (Lipinski definition) is 6. The van der Waals surface area contributed by atoms with Crippen molar-refractivity contribution in [3.8, 4) is 17.4 Å². The van der Waals surface area contributed by atoms with Crippen LogP contribution < -0.4 is 9.30 Å². The van der Waals surface area contributed by atoms with E-state index in [1.54, 1.807) is 52.3 Å². The SMILES string of the molecule is O=C(c1c(-c2ncccn2)nn2ccccc12)N1CCC[C@@]12COc1cnc(C(F)(F)F)c[n+]12. The van der Waals surface area contributed by atoms with E-state index in [1.807, 2.05) is 0 Å². The van der Waals surface area contributed by atoms with E-state index in [0.29, 0.717) is 30.6 Å². The predicted octanol–water partition coefficient (Wildman–Crippen LogP) is 2.47. The molecule has 9 nitrogen and oxygen atoms in total. The van der Waals surface area contributed by atoms with Gasteiger partial charge in [-0.3, -0.25) is 9.69 Å². The highest BCUT2D eigenvalue weighted by atomic mass is 19.4. The summed E-state index contributed by atoms with van der Waals surface area (Å²) in [5.74, 6) is 0.0803. The van der Waals surface area contributed by atoms with Crippen molar-refractivity contribution in [1.29, 1.82) is 0 Å². The van der Waals surface area contributed by atoms with E-state index in [1.165, 1.54) is 4.57 Å². The third-order valence-corrected chi connectivity index (χ3v) is 6.23. The highest BCUT2D eigenvalue weighted by Crippen LogP contribution is 2.39. The highest BCUT2D eigenvalue weighted by molar-refractivity contribution is 6.06. The third-order valence-electron chi connectivity index (χ3n) is 6.23. The van der Waals surface area contributed by atoms with Gasteiger partial charge >= 0.3 is 12.1 Å². The first-order valence-corrected chi connectivity index (χ1v) is 10.6. The van der Waals surface area contributed by atoms with Crippen LogP contribution in [0.2, 0.25) is 0 Å². The Morgan fingerprint density at radius 3 is 2.76 bits per heavy atom. The molecule has 6 heterocycles. The second-order valence-electron chi connectivity index (χ2n) is 8.14. The van der Waals surface area contributed by atoms with Gasteiger partial charge in [0.1, 0.15) is 11.9 Å². The minimum Gasteiger partial charge on any atom is -0.433 e. The van der Waals surface area contributed by atoms with Gasteiger partial charge in [0.15, 0.2) is 12.4 Å². The fourth-order valence-electron chi connectivity index (χ4n) is 4.72. The van der Waals surface area contributed by atoms with Gasteiger partial charge in [0.05, 0.1) is 11.1 Å². The minimum absolute atomic E-state index is 0.0259. The smallest absolute Gasteiger partial charge is 0.433 e. The number of pyridine rings is 1. The molecule has 2 aliphatic rings. The van der Waals surface area contributed by atoms with Crippen molar-refractivity contribution in [1.82, 2.24) is 29.5 Å². The van der Waals surface area contributed by atoms with E-state index in [9.17, 15) is 18.0 Å². The number of aromatic nitrogens is 6. The number of fused-ring (bicyclic) bond motifs is 3. The van der Waals surface area contributed by atoms with Crippen LogP contribution in [0.15, 0.2) is 55.2 Å². The van der Waals surface area contributed by atoms with E-state index in [0.717, 1.165) is 12.4 Å². The first-order chi connectivity index (χ1) is 16.4. The van der Waals surface area contributed by atoms with Gasteiger partial charge < -0.3 is 4.74 Å². The molecule has 172 valence electrons. The lowest BCUT2D eigenvalue weighted by molar-refractivity contribution is -0.763. The summed E-state index contributed by atoms with van der Waals surface area (Å²) in [7, 11) is 0. The van der Waals surface area contributed by atoms with E-state index in [-0.39, 0.29) is 29.8 Å². The predicted molar refractivity (Wildman–Crippen MR) is 109 cm³/mol. The Hall–Kier alpha value is -4.09. The molecule has 2 aliphatic heterocycles. The number of likely N-dealkylation sites (tertiary alicyclic amines) is 1. The van der Waals surface area contributed by atoms with Crippen LogP contribution in [0.25, 0.3) is 17.0 Å². The fourth-order valence-corrected chi connectivity index (χ4v) is 4.72.